The maximum Gasteiger partial charge on any atom is 0.305 e. The lowest BCUT2D eigenvalue weighted by atomic mass is 9.90. The minimum atomic E-state index is -1.05. The van der Waals surface area contributed by atoms with Gasteiger partial charge in [-0.25, -0.2) is 0 Å². The Hall–Kier alpha value is -2.03. The van der Waals surface area contributed by atoms with E-state index in [4.69, 9.17) is 9.47 Å². The maximum atomic E-state index is 12.4. The molecule has 0 spiro atoms. The van der Waals surface area contributed by atoms with Crippen molar-refractivity contribution in [3.05, 3.63) is 24.3 Å². The molecule has 0 radical (unpaired) electrons. The van der Waals surface area contributed by atoms with Crippen molar-refractivity contribution < 1.29 is 39.2 Å². The number of Topliss-reactive ketones (excluding diaryl/α,β-unsaturated/α-hetero) is 1. The number of aliphatic hydroxyl groups is 3. The Kier molecular flexibility index (Phi) is 29.1. The molecule has 0 aromatic carbocycles. The van der Waals surface area contributed by atoms with E-state index in [2.05, 4.69) is 13.8 Å². The van der Waals surface area contributed by atoms with Crippen LogP contribution in [-0.2, 0) is 23.9 Å². The Labute approximate surface area is 304 Å². The SMILES string of the molecule is CCCCCCCCCCCCCCCCCCC(=O)OC[C@@H](O)COC(=O)CCC/C=C\C[C@H]1C(=O)C[C@@H](O)[C@@H]1/C=C/[C@@H](O)CCCCC. The standard InChI is InChI=1S/C42H74O8/c1-3-5-7-8-9-10-11-12-13-14-15-16-17-18-19-24-28-41(47)49-33-36(44)34-50-42(48)29-25-21-20-23-27-37-38(40(46)32-39(37)45)31-30-35(43)26-22-6-4-2/h20,23,30-31,35-38,40,43-44,46H,3-19,21-22,24-29,32-34H2,1-2H3/b23-20-,31-30+/t35-,36+,37+,38+,40+/m0/s1. The molecule has 0 saturated heterocycles. The van der Waals surface area contributed by atoms with Crippen LogP contribution in [-0.4, -0.2) is 64.6 Å². The van der Waals surface area contributed by atoms with Crippen LogP contribution in [0.3, 0.4) is 0 Å². The van der Waals surface area contributed by atoms with Crippen LogP contribution < -0.4 is 0 Å². The van der Waals surface area contributed by atoms with Crippen LogP contribution in [0.15, 0.2) is 24.3 Å². The third-order valence-electron chi connectivity index (χ3n) is 9.81. The first-order chi connectivity index (χ1) is 24.3. The van der Waals surface area contributed by atoms with Crippen molar-refractivity contribution in [1.82, 2.24) is 0 Å². The summed E-state index contributed by atoms with van der Waals surface area (Å²) in [4.78, 5) is 36.5. The topological polar surface area (TPSA) is 130 Å². The summed E-state index contributed by atoms with van der Waals surface area (Å²) in [6.07, 6.45) is 31.6. The first-order valence-electron chi connectivity index (χ1n) is 20.5. The van der Waals surface area contributed by atoms with Gasteiger partial charge < -0.3 is 24.8 Å². The predicted molar refractivity (Wildman–Crippen MR) is 202 cm³/mol. The van der Waals surface area contributed by atoms with Gasteiger partial charge >= 0.3 is 11.9 Å². The molecule has 50 heavy (non-hydrogen) atoms. The summed E-state index contributed by atoms with van der Waals surface area (Å²) < 4.78 is 10.3. The van der Waals surface area contributed by atoms with Crippen molar-refractivity contribution in [2.24, 2.45) is 11.8 Å². The molecule has 1 aliphatic carbocycles. The zero-order valence-corrected chi connectivity index (χ0v) is 31.9. The Balaban J connectivity index is 2.02. The van der Waals surface area contributed by atoms with Crippen LogP contribution in [0.25, 0.3) is 0 Å². The third-order valence-corrected chi connectivity index (χ3v) is 9.81. The highest BCUT2D eigenvalue weighted by molar-refractivity contribution is 5.84. The Morgan fingerprint density at radius 2 is 1.18 bits per heavy atom. The zero-order chi connectivity index (χ0) is 36.7. The average Bonchev–Trinajstić information content (AvgIpc) is 3.37. The van der Waals surface area contributed by atoms with Crippen molar-refractivity contribution >= 4 is 17.7 Å². The van der Waals surface area contributed by atoms with Gasteiger partial charge in [0.1, 0.15) is 25.1 Å². The molecule has 8 heteroatoms. The first kappa shape index (κ1) is 46.0. The van der Waals surface area contributed by atoms with Gasteiger partial charge in [0.15, 0.2) is 0 Å². The second kappa shape index (κ2) is 31.7. The number of aliphatic hydroxyl groups excluding tert-OH is 3. The summed E-state index contributed by atoms with van der Waals surface area (Å²) in [5.74, 6) is -1.33. The van der Waals surface area contributed by atoms with Gasteiger partial charge in [0.2, 0.25) is 0 Å². The maximum absolute atomic E-state index is 12.4. The molecule has 1 aliphatic rings. The van der Waals surface area contributed by atoms with Crippen LogP contribution in [0.4, 0.5) is 0 Å². The molecule has 0 heterocycles. The summed E-state index contributed by atoms with van der Waals surface area (Å²) in [5, 5.41) is 30.6. The lowest BCUT2D eigenvalue weighted by Gasteiger charge is -2.16. The first-order valence-corrected chi connectivity index (χ1v) is 20.5. The lowest BCUT2D eigenvalue weighted by Crippen LogP contribution is -2.25. The highest BCUT2D eigenvalue weighted by Gasteiger charge is 2.39. The number of rotatable bonds is 33. The van der Waals surface area contributed by atoms with E-state index in [0.717, 1.165) is 38.5 Å². The largest absolute Gasteiger partial charge is 0.463 e. The zero-order valence-electron chi connectivity index (χ0n) is 31.9. The van der Waals surface area contributed by atoms with E-state index in [-0.39, 0.29) is 49.6 Å². The average molecular weight is 707 g/mol. The van der Waals surface area contributed by atoms with E-state index in [1.165, 1.54) is 83.5 Å². The fourth-order valence-electron chi connectivity index (χ4n) is 6.60. The molecule has 290 valence electrons. The van der Waals surface area contributed by atoms with E-state index >= 15 is 0 Å². The fraction of sp³-hybridized carbons (Fsp3) is 0.833. The molecular weight excluding hydrogens is 632 g/mol. The van der Waals surface area contributed by atoms with Crippen LogP contribution in [0.5, 0.6) is 0 Å². The molecule has 1 fully saturated rings. The Bertz CT molecular complexity index is 915. The van der Waals surface area contributed by atoms with Crippen LogP contribution in [0, 0.1) is 11.8 Å². The molecule has 0 unspecified atom stereocenters. The van der Waals surface area contributed by atoms with E-state index in [9.17, 15) is 29.7 Å². The van der Waals surface area contributed by atoms with Gasteiger partial charge in [0, 0.05) is 31.1 Å². The summed E-state index contributed by atoms with van der Waals surface area (Å²) in [7, 11) is 0. The van der Waals surface area contributed by atoms with Gasteiger partial charge in [-0.1, -0.05) is 154 Å². The van der Waals surface area contributed by atoms with Crippen molar-refractivity contribution in [3.63, 3.8) is 0 Å². The van der Waals surface area contributed by atoms with Crippen molar-refractivity contribution in [2.45, 2.75) is 199 Å². The van der Waals surface area contributed by atoms with Gasteiger partial charge in [0.05, 0.1) is 12.2 Å². The van der Waals surface area contributed by atoms with E-state index in [1.807, 2.05) is 12.2 Å². The van der Waals surface area contributed by atoms with Crippen molar-refractivity contribution in [3.8, 4) is 0 Å². The minimum Gasteiger partial charge on any atom is -0.463 e. The van der Waals surface area contributed by atoms with Crippen molar-refractivity contribution in [2.75, 3.05) is 13.2 Å². The molecule has 8 nitrogen and oxygen atoms in total. The number of allylic oxidation sites excluding steroid dienone is 2. The number of carbonyl (C=O) groups is 3. The monoisotopic (exact) mass is 707 g/mol. The van der Waals surface area contributed by atoms with Gasteiger partial charge in [-0.3, -0.25) is 14.4 Å². The Morgan fingerprint density at radius 1 is 0.700 bits per heavy atom. The number of unbranched alkanes of at least 4 members (excludes halogenated alkanes) is 18. The molecule has 0 aromatic heterocycles. The summed E-state index contributed by atoms with van der Waals surface area (Å²) in [5.41, 5.74) is 0. The summed E-state index contributed by atoms with van der Waals surface area (Å²) >= 11 is 0. The summed E-state index contributed by atoms with van der Waals surface area (Å²) in [6, 6.07) is 0. The van der Waals surface area contributed by atoms with Gasteiger partial charge in [0.25, 0.3) is 0 Å². The second-order valence-electron chi connectivity index (χ2n) is 14.5. The van der Waals surface area contributed by atoms with E-state index < -0.39 is 24.3 Å². The molecule has 1 rings (SSSR count). The minimum absolute atomic E-state index is 0.0327. The van der Waals surface area contributed by atoms with Gasteiger partial charge in [-0.15, -0.1) is 0 Å². The van der Waals surface area contributed by atoms with E-state index in [1.54, 1.807) is 12.2 Å². The Morgan fingerprint density at radius 3 is 1.72 bits per heavy atom. The molecule has 1 saturated carbocycles. The molecule has 3 N–H and O–H groups in total. The highest BCUT2D eigenvalue weighted by atomic mass is 16.6. The summed E-state index contributed by atoms with van der Waals surface area (Å²) in [6.45, 7) is 3.98. The molecular formula is C42H74O8. The van der Waals surface area contributed by atoms with Crippen LogP contribution >= 0.6 is 0 Å². The lowest BCUT2D eigenvalue weighted by molar-refractivity contribution is -0.152. The normalized spacial score (nSPS) is 19.1. The number of hydrogen-bond acceptors (Lipinski definition) is 8. The molecule has 0 amide bonds. The van der Waals surface area contributed by atoms with E-state index in [0.29, 0.717) is 32.1 Å². The number of hydrogen-bond donors (Lipinski definition) is 3. The van der Waals surface area contributed by atoms with Crippen LogP contribution in [0.2, 0.25) is 0 Å². The second-order valence-corrected chi connectivity index (χ2v) is 14.5. The third kappa shape index (κ3) is 25.0. The number of esters is 2. The number of carbonyl (C=O) groups excluding carboxylic acids is 3. The number of ether oxygens (including phenoxy) is 2. The molecule has 0 aromatic rings. The highest BCUT2D eigenvalue weighted by Crippen LogP contribution is 2.33. The molecule has 0 aliphatic heterocycles. The predicted octanol–water partition coefficient (Wildman–Crippen LogP) is 9.27. The number of ketones is 1. The molecule has 0 bridgehead atoms. The quantitative estimate of drug-likeness (QED) is 0.0350. The van der Waals surface area contributed by atoms with Crippen LogP contribution in [0.1, 0.15) is 181 Å². The fourth-order valence-corrected chi connectivity index (χ4v) is 6.60. The molecule has 5 atom stereocenters. The van der Waals surface area contributed by atoms with Gasteiger partial charge in [-0.2, -0.15) is 0 Å². The van der Waals surface area contributed by atoms with Gasteiger partial charge in [-0.05, 0) is 32.1 Å². The van der Waals surface area contributed by atoms with Crippen molar-refractivity contribution in [1.29, 1.82) is 0 Å². The smallest absolute Gasteiger partial charge is 0.305 e.